The summed E-state index contributed by atoms with van der Waals surface area (Å²) in [7, 11) is 2.11. The molecule has 1 saturated carbocycles. The summed E-state index contributed by atoms with van der Waals surface area (Å²) in [4.78, 5) is 47.8. The van der Waals surface area contributed by atoms with Crippen molar-refractivity contribution in [3.8, 4) is 45.1 Å². The molecule has 1 aliphatic carbocycles. The van der Waals surface area contributed by atoms with Crippen molar-refractivity contribution in [3.05, 3.63) is 95.3 Å². The zero-order valence-corrected chi connectivity index (χ0v) is 31.4. The molecule has 2 aliphatic heterocycles. The van der Waals surface area contributed by atoms with Crippen LogP contribution in [-0.4, -0.2) is 61.7 Å². The molecule has 8 rings (SSSR count). The SMILES string of the molecule is CCCN(C)Cc1ncc(-c2cc3c4c(c2)OCc2cc(-c5cnc(CN(CCC)C(=O)[C@H](NC(=O)C6CCCC6)c6ccccc6)[nH]5)cc(c2-4)OC3)[nH]1. The highest BCUT2D eigenvalue weighted by Gasteiger charge is 2.33. The summed E-state index contributed by atoms with van der Waals surface area (Å²) in [6, 6.07) is 17.3. The Labute approximate surface area is 316 Å². The van der Waals surface area contributed by atoms with Gasteiger partial charge in [0, 0.05) is 45.8 Å². The number of aromatic amines is 2. The summed E-state index contributed by atoms with van der Waals surface area (Å²) in [5.74, 6) is 3.06. The van der Waals surface area contributed by atoms with Gasteiger partial charge in [-0.15, -0.1) is 0 Å². The Balaban J connectivity index is 1.02. The van der Waals surface area contributed by atoms with Crippen LogP contribution in [0.2, 0.25) is 0 Å². The van der Waals surface area contributed by atoms with Crippen LogP contribution in [0.25, 0.3) is 33.6 Å². The van der Waals surface area contributed by atoms with E-state index in [1.54, 1.807) is 4.90 Å². The van der Waals surface area contributed by atoms with E-state index in [4.69, 9.17) is 14.5 Å². The van der Waals surface area contributed by atoms with Crippen LogP contribution in [0.3, 0.4) is 0 Å². The van der Waals surface area contributed by atoms with Gasteiger partial charge in [-0.25, -0.2) is 9.97 Å². The van der Waals surface area contributed by atoms with Crippen LogP contribution in [0.4, 0.5) is 0 Å². The molecule has 2 amide bonds. The summed E-state index contributed by atoms with van der Waals surface area (Å²) >= 11 is 0. The number of imidazole rings is 2. The number of nitrogens with one attached hydrogen (secondary N) is 3. The van der Waals surface area contributed by atoms with E-state index >= 15 is 0 Å². The zero-order valence-electron chi connectivity index (χ0n) is 31.4. The van der Waals surface area contributed by atoms with Gasteiger partial charge in [-0.3, -0.25) is 14.5 Å². The van der Waals surface area contributed by atoms with E-state index in [0.717, 1.165) is 119 Å². The second-order valence-corrected chi connectivity index (χ2v) is 14.9. The van der Waals surface area contributed by atoms with E-state index in [0.29, 0.717) is 32.1 Å². The van der Waals surface area contributed by atoms with Gasteiger partial charge in [-0.2, -0.15) is 0 Å². The summed E-state index contributed by atoms with van der Waals surface area (Å²) in [5, 5.41) is 3.11. The molecular formula is C43H49N7O4. The van der Waals surface area contributed by atoms with Gasteiger partial charge in [-0.1, -0.05) is 57.0 Å². The third kappa shape index (κ3) is 7.24. The van der Waals surface area contributed by atoms with Crippen molar-refractivity contribution in [1.29, 1.82) is 0 Å². The molecule has 11 nitrogen and oxygen atoms in total. The maximum Gasteiger partial charge on any atom is 0.250 e. The van der Waals surface area contributed by atoms with E-state index in [1.165, 1.54) is 0 Å². The second-order valence-electron chi connectivity index (χ2n) is 14.9. The van der Waals surface area contributed by atoms with Gasteiger partial charge >= 0.3 is 0 Å². The van der Waals surface area contributed by atoms with Crippen molar-refractivity contribution in [1.82, 2.24) is 35.1 Å². The highest BCUT2D eigenvalue weighted by atomic mass is 16.5. The van der Waals surface area contributed by atoms with Crippen molar-refractivity contribution in [2.75, 3.05) is 20.1 Å². The number of carbonyl (C=O) groups excluding carboxylic acids is 2. The molecule has 1 atom stereocenters. The maximum absolute atomic E-state index is 14.2. The first-order valence-electron chi connectivity index (χ1n) is 19.4. The van der Waals surface area contributed by atoms with Crippen LogP contribution in [-0.2, 0) is 35.9 Å². The van der Waals surface area contributed by atoms with Gasteiger partial charge < -0.3 is 29.7 Å². The highest BCUT2D eigenvalue weighted by Crippen LogP contribution is 2.50. The molecule has 5 aromatic rings. The van der Waals surface area contributed by atoms with Crippen LogP contribution in [0.15, 0.2) is 67.0 Å². The predicted molar refractivity (Wildman–Crippen MR) is 207 cm³/mol. The van der Waals surface area contributed by atoms with E-state index in [9.17, 15) is 9.59 Å². The zero-order chi connectivity index (χ0) is 37.2. The number of hydrogen-bond donors (Lipinski definition) is 3. The standard InChI is InChI=1S/C43H49N7O4/c1-4-15-49(3)23-37-44-21-33(46-37)29-17-31-25-54-36-20-30(18-32-26-53-35(19-29)39(31)40(32)36)34-22-45-38(47-34)24-50(16-5-2)43(52)41(27-11-7-6-8-12-27)48-42(51)28-13-9-10-14-28/h6-8,11-12,17-22,28,41H,4-5,9-10,13-16,23-26H2,1-3H3,(H,44,46)(H,45,47)(H,48,51)/t41-/m1/s1. The van der Waals surface area contributed by atoms with Crippen LogP contribution in [0.1, 0.15) is 86.8 Å². The van der Waals surface area contributed by atoms with Gasteiger partial charge in [0.1, 0.15) is 42.4 Å². The normalized spacial score (nSPS) is 15.0. The minimum absolute atomic E-state index is 0.0387. The number of benzene rings is 3. The number of carbonyl (C=O) groups is 2. The molecule has 0 radical (unpaired) electrons. The van der Waals surface area contributed by atoms with Crippen LogP contribution >= 0.6 is 0 Å². The fraction of sp³-hybridized carbons (Fsp3) is 0.395. The molecule has 0 unspecified atom stereocenters. The minimum Gasteiger partial charge on any atom is -0.488 e. The number of hydrogen-bond acceptors (Lipinski definition) is 7. The Bertz CT molecular complexity index is 2080. The Morgan fingerprint density at radius 3 is 1.96 bits per heavy atom. The largest absolute Gasteiger partial charge is 0.488 e. The number of rotatable bonds is 14. The lowest BCUT2D eigenvalue weighted by atomic mass is 9.87. The fourth-order valence-corrected chi connectivity index (χ4v) is 8.17. The van der Waals surface area contributed by atoms with E-state index < -0.39 is 6.04 Å². The van der Waals surface area contributed by atoms with Gasteiger partial charge in [0.05, 0.1) is 36.9 Å². The first-order valence-corrected chi connectivity index (χ1v) is 19.4. The molecule has 54 heavy (non-hydrogen) atoms. The molecule has 3 aromatic carbocycles. The first-order chi connectivity index (χ1) is 26.4. The predicted octanol–water partition coefficient (Wildman–Crippen LogP) is 7.55. The third-order valence-electron chi connectivity index (χ3n) is 10.8. The van der Waals surface area contributed by atoms with Gasteiger partial charge in [-0.05, 0) is 69.1 Å². The fourth-order valence-electron chi connectivity index (χ4n) is 8.17. The van der Waals surface area contributed by atoms with Crippen LogP contribution in [0, 0.1) is 5.92 Å². The van der Waals surface area contributed by atoms with E-state index in [-0.39, 0.29) is 17.7 Å². The number of nitrogens with zero attached hydrogens (tertiary/aromatic N) is 4. The molecular weight excluding hydrogens is 679 g/mol. The van der Waals surface area contributed by atoms with Crippen LogP contribution < -0.4 is 14.8 Å². The molecule has 2 aromatic heterocycles. The molecule has 0 bridgehead atoms. The lowest BCUT2D eigenvalue weighted by molar-refractivity contribution is -0.138. The third-order valence-corrected chi connectivity index (χ3v) is 10.8. The molecule has 4 heterocycles. The Morgan fingerprint density at radius 1 is 0.815 bits per heavy atom. The topological polar surface area (TPSA) is 128 Å². The molecule has 280 valence electrons. The minimum atomic E-state index is -0.760. The highest BCUT2D eigenvalue weighted by molar-refractivity contribution is 5.90. The molecule has 3 N–H and O–H groups in total. The summed E-state index contributed by atoms with van der Waals surface area (Å²) in [6.45, 7) is 7.69. The lowest BCUT2D eigenvalue weighted by Crippen LogP contribution is -2.44. The average molecular weight is 728 g/mol. The smallest absolute Gasteiger partial charge is 0.250 e. The number of H-pyrrole nitrogens is 2. The first kappa shape index (κ1) is 35.6. The van der Waals surface area contributed by atoms with Gasteiger partial charge in [0.25, 0.3) is 0 Å². The Morgan fingerprint density at radius 2 is 1.39 bits per heavy atom. The van der Waals surface area contributed by atoms with Gasteiger partial charge in [0.15, 0.2) is 0 Å². The Hall–Kier alpha value is -5.42. The summed E-state index contributed by atoms with van der Waals surface area (Å²) < 4.78 is 12.8. The number of ether oxygens (including phenoxy) is 2. The van der Waals surface area contributed by atoms with Crippen molar-refractivity contribution in [2.24, 2.45) is 5.92 Å². The average Bonchev–Trinajstić information content (AvgIpc) is 3.99. The molecule has 11 heteroatoms. The molecule has 0 spiro atoms. The molecule has 1 fully saturated rings. The van der Waals surface area contributed by atoms with Crippen molar-refractivity contribution < 1.29 is 19.1 Å². The number of amides is 2. The van der Waals surface area contributed by atoms with Crippen LogP contribution in [0.5, 0.6) is 11.5 Å². The van der Waals surface area contributed by atoms with Gasteiger partial charge in [0.2, 0.25) is 11.8 Å². The van der Waals surface area contributed by atoms with Crippen molar-refractivity contribution >= 4 is 11.8 Å². The maximum atomic E-state index is 14.2. The van der Waals surface area contributed by atoms with E-state index in [1.807, 2.05) is 42.7 Å². The summed E-state index contributed by atoms with van der Waals surface area (Å²) in [6.07, 6.45) is 9.42. The Kier molecular flexibility index (Phi) is 10.2. The monoisotopic (exact) mass is 727 g/mol. The van der Waals surface area contributed by atoms with Crippen molar-refractivity contribution in [3.63, 3.8) is 0 Å². The second kappa shape index (κ2) is 15.5. The molecule has 0 saturated heterocycles. The number of aromatic nitrogens is 4. The lowest BCUT2D eigenvalue weighted by Gasteiger charge is -2.30. The quantitative estimate of drug-likeness (QED) is 0.108. The summed E-state index contributed by atoms with van der Waals surface area (Å²) in [5.41, 5.74) is 8.83. The molecule has 3 aliphatic rings. The van der Waals surface area contributed by atoms with Crippen molar-refractivity contribution in [2.45, 2.75) is 84.7 Å². The van der Waals surface area contributed by atoms with E-state index in [2.05, 4.69) is 70.3 Å².